The number of methoxy groups -OCH3 is 2. The number of halogens is 1. The zero-order valence-electron chi connectivity index (χ0n) is 11.7. The fraction of sp³-hybridized carbons (Fsp3) is 0.571. The Kier molecular flexibility index (Phi) is 4.96. The van der Waals surface area contributed by atoms with E-state index in [1.165, 1.54) is 13.2 Å². The fourth-order valence-corrected chi connectivity index (χ4v) is 1.91. The molecule has 0 aliphatic carbocycles. The smallest absolute Gasteiger partial charge is 0.165 e. The van der Waals surface area contributed by atoms with Gasteiger partial charge in [0, 0.05) is 24.9 Å². The summed E-state index contributed by atoms with van der Waals surface area (Å²) in [5.74, 6) is -0.105. The molecule has 0 saturated heterocycles. The van der Waals surface area contributed by atoms with Gasteiger partial charge in [-0.25, -0.2) is 4.39 Å². The highest BCUT2D eigenvalue weighted by atomic mass is 19.1. The minimum atomic E-state index is -0.354. The molecule has 1 unspecified atom stereocenters. The fourth-order valence-electron chi connectivity index (χ4n) is 1.91. The molecule has 0 aromatic heterocycles. The Morgan fingerprint density at radius 3 is 2.56 bits per heavy atom. The number of rotatable bonds is 6. The van der Waals surface area contributed by atoms with E-state index in [1.807, 2.05) is 13.8 Å². The van der Waals surface area contributed by atoms with Crippen molar-refractivity contribution in [2.75, 3.05) is 19.5 Å². The number of benzene rings is 1. The minimum Gasteiger partial charge on any atom is -0.494 e. The monoisotopic (exact) mass is 255 g/mol. The van der Waals surface area contributed by atoms with Gasteiger partial charge in [0.05, 0.1) is 12.7 Å². The molecule has 1 aromatic rings. The van der Waals surface area contributed by atoms with E-state index in [0.29, 0.717) is 0 Å². The maximum Gasteiger partial charge on any atom is 0.165 e. The molecule has 0 fully saturated rings. The van der Waals surface area contributed by atoms with Gasteiger partial charge in [-0.15, -0.1) is 0 Å². The van der Waals surface area contributed by atoms with Crippen LogP contribution in [-0.2, 0) is 4.74 Å². The Balaban J connectivity index is 2.67. The Bertz CT molecular complexity index is 393. The van der Waals surface area contributed by atoms with Gasteiger partial charge in [0.15, 0.2) is 11.6 Å². The highest BCUT2D eigenvalue weighted by molar-refractivity contribution is 5.49. The van der Waals surface area contributed by atoms with Gasteiger partial charge in [0.1, 0.15) is 0 Å². The number of anilines is 1. The van der Waals surface area contributed by atoms with Crippen molar-refractivity contribution in [2.45, 2.75) is 38.8 Å². The normalized spacial score (nSPS) is 13.2. The standard InChI is InChI=1S/C14H22FNO2/c1-10(9-14(2,3)18-5)16-11-6-7-12(15)13(8-11)17-4/h6-8,10,16H,9H2,1-5H3. The van der Waals surface area contributed by atoms with Crippen molar-refractivity contribution >= 4 is 5.69 Å². The van der Waals surface area contributed by atoms with E-state index in [4.69, 9.17) is 9.47 Å². The molecular weight excluding hydrogens is 233 g/mol. The molecule has 0 spiro atoms. The van der Waals surface area contributed by atoms with Crippen LogP contribution in [0, 0.1) is 5.82 Å². The summed E-state index contributed by atoms with van der Waals surface area (Å²) in [4.78, 5) is 0. The number of nitrogens with one attached hydrogen (secondary N) is 1. The van der Waals surface area contributed by atoms with Crippen molar-refractivity contribution in [1.82, 2.24) is 0 Å². The Morgan fingerprint density at radius 2 is 2.00 bits per heavy atom. The van der Waals surface area contributed by atoms with Gasteiger partial charge in [0.2, 0.25) is 0 Å². The molecule has 0 saturated carbocycles. The van der Waals surface area contributed by atoms with Crippen LogP contribution in [-0.4, -0.2) is 25.9 Å². The summed E-state index contributed by atoms with van der Waals surface area (Å²) in [5, 5.41) is 3.31. The summed E-state index contributed by atoms with van der Waals surface area (Å²) in [7, 11) is 3.16. The molecule has 3 nitrogen and oxygen atoms in total. The first-order valence-electron chi connectivity index (χ1n) is 6.03. The second-order valence-corrected chi connectivity index (χ2v) is 5.06. The highest BCUT2D eigenvalue weighted by Crippen LogP contribution is 2.24. The molecule has 0 heterocycles. The molecule has 4 heteroatoms. The molecule has 18 heavy (non-hydrogen) atoms. The van der Waals surface area contributed by atoms with Crippen LogP contribution in [0.2, 0.25) is 0 Å². The maximum atomic E-state index is 13.3. The van der Waals surface area contributed by atoms with Gasteiger partial charge in [-0.2, -0.15) is 0 Å². The Labute approximate surface area is 108 Å². The van der Waals surface area contributed by atoms with Crippen molar-refractivity contribution in [3.05, 3.63) is 24.0 Å². The lowest BCUT2D eigenvalue weighted by Gasteiger charge is -2.27. The summed E-state index contributed by atoms with van der Waals surface area (Å²) < 4.78 is 23.6. The number of hydrogen-bond donors (Lipinski definition) is 1. The highest BCUT2D eigenvalue weighted by Gasteiger charge is 2.20. The molecular formula is C14H22FNO2. The molecule has 1 rings (SSSR count). The molecule has 102 valence electrons. The van der Waals surface area contributed by atoms with Crippen LogP contribution in [0.1, 0.15) is 27.2 Å². The third-order valence-electron chi connectivity index (χ3n) is 2.91. The average Bonchev–Trinajstić information content (AvgIpc) is 2.31. The van der Waals surface area contributed by atoms with Crippen molar-refractivity contribution in [3.63, 3.8) is 0 Å². The summed E-state index contributed by atoms with van der Waals surface area (Å²) in [6, 6.07) is 4.98. The van der Waals surface area contributed by atoms with E-state index in [-0.39, 0.29) is 23.2 Å². The average molecular weight is 255 g/mol. The molecule has 0 radical (unpaired) electrons. The number of ether oxygens (including phenoxy) is 2. The van der Waals surface area contributed by atoms with Crippen molar-refractivity contribution in [3.8, 4) is 5.75 Å². The summed E-state index contributed by atoms with van der Waals surface area (Å²) in [6.45, 7) is 6.14. The van der Waals surface area contributed by atoms with Crippen molar-refractivity contribution in [1.29, 1.82) is 0 Å². The zero-order valence-corrected chi connectivity index (χ0v) is 11.7. The predicted molar refractivity (Wildman–Crippen MR) is 71.7 cm³/mol. The lowest BCUT2D eigenvalue weighted by molar-refractivity contribution is 0.0128. The van der Waals surface area contributed by atoms with Crippen LogP contribution in [0.4, 0.5) is 10.1 Å². The quantitative estimate of drug-likeness (QED) is 0.844. The van der Waals surface area contributed by atoms with Crippen LogP contribution in [0.5, 0.6) is 5.75 Å². The Morgan fingerprint density at radius 1 is 1.33 bits per heavy atom. The largest absolute Gasteiger partial charge is 0.494 e. The van der Waals surface area contributed by atoms with E-state index in [1.54, 1.807) is 19.2 Å². The molecule has 1 aromatic carbocycles. The summed E-state index contributed by atoms with van der Waals surface area (Å²) >= 11 is 0. The first kappa shape index (κ1) is 14.8. The van der Waals surface area contributed by atoms with E-state index in [9.17, 15) is 4.39 Å². The second-order valence-electron chi connectivity index (χ2n) is 5.06. The van der Waals surface area contributed by atoms with Crippen LogP contribution in [0.3, 0.4) is 0 Å². The van der Waals surface area contributed by atoms with Crippen LogP contribution >= 0.6 is 0 Å². The molecule has 0 aliphatic rings. The first-order valence-corrected chi connectivity index (χ1v) is 6.03. The minimum absolute atomic E-state index is 0.184. The summed E-state index contributed by atoms with van der Waals surface area (Å²) in [6.07, 6.45) is 0.850. The van der Waals surface area contributed by atoms with Crippen LogP contribution in [0.15, 0.2) is 18.2 Å². The third kappa shape index (κ3) is 4.18. The third-order valence-corrected chi connectivity index (χ3v) is 2.91. The molecule has 1 N–H and O–H groups in total. The van der Waals surface area contributed by atoms with E-state index in [0.717, 1.165) is 12.1 Å². The predicted octanol–water partition coefficient (Wildman–Crippen LogP) is 3.45. The first-order chi connectivity index (χ1) is 8.38. The van der Waals surface area contributed by atoms with Gasteiger partial charge < -0.3 is 14.8 Å². The van der Waals surface area contributed by atoms with Crippen molar-refractivity contribution in [2.24, 2.45) is 0 Å². The Hall–Kier alpha value is -1.29. The van der Waals surface area contributed by atoms with Crippen LogP contribution in [0.25, 0.3) is 0 Å². The van der Waals surface area contributed by atoms with E-state index in [2.05, 4.69) is 12.2 Å². The van der Waals surface area contributed by atoms with Crippen LogP contribution < -0.4 is 10.1 Å². The van der Waals surface area contributed by atoms with Gasteiger partial charge in [-0.1, -0.05) is 0 Å². The SMILES string of the molecule is COc1cc(NC(C)CC(C)(C)OC)ccc1F. The van der Waals surface area contributed by atoms with Crippen molar-refractivity contribution < 1.29 is 13.9 Å². The molecule has 1 atom stereocenters. The molecule has 0 bridgehead atoms. The lowest BCUT2D eigenvalue weighted by atomic mass is 9.99. The zero-order chi connectivity index (χ0) is 13.8. The lowest BCUT2D eigenvalue weighted by Crippen LogP contribution is -2.31. The topological polar surface area (TPSA) is 30.5 Å². The summed E-state index contributed by atoms with van der Waals surface area (Å²) in [5.41, 5.74) is 0.656. The van der Waals surface area contributed by atoms with E-state index >= 15 is 0 Å². The number of hydrogen-bond acceptors (Lipinski definition) is 3. The molecule has 0 amide bonds. The maximum absolute atomic E-state index is 13.3. The van der Waals surface area contributed by atoms with Gasteiger partial charge in [0.25, 0.3) is 0 Å². The second kappa shape index (κ2) is 6.05. The van der Waals surface area contributed by atoms with Gasteiger partial charge >= 0.3 is 0 Å². The van der Waals surface area contributed by atoms with Gasteiger partial charge in [-0.05, 0) is 39.3 Å². The van der Waals surface area contributed by atoms with E-state index < -0.39 is 0 Å². The molecule has 0 aliphatic heterocycles. The van der Waals surface area contributed by atoms with Gasteiger partial charge in [-0.3, -0.25) is 0 Å².